The van der Waals surface area contributed by atoms with Crippen molar-refractivity contribution in [3.05, 3.63) is 28.5 Å². The first-order chi connectivity index (χ1) is 7.15. The summed E-state index contributed by atoms with van der Waals surface area (Å²) in [6, 6.07) is 3.77. The summed E-state index contributed by atoms with van der Waals surface area (Å²) in [5.41, 5.74) is 0.906. The van der Waals surface area contributed by atoms with E-state index in [2.05, 4.69) is 9.97 Å². The minimum Gasteiger partial charge on any atom is -0.341 e. The third kappa shape index (κ3) is 2.46. The van der Waals surface area contributed by atoms with Gasteiger partial charge in [0.15, 0.2) is 0 Å². The number of Topliss-reactive ketones (excluding diaryl/α,β-unsaturated/α-hetero) is 1. The predicted octanol–water partition coefficient (Wildman–Crippen LogP) is 2.92. The van der Waals surface area contributed by atoms with Crippen LogP contribution in [0.3, 0.4) is 0 Å². The van der Waals surface area contributed by atoms with Gasteiger partial charge < -0.3 is 4.98 Å². The monoisotopic (exact) mass is 240 g/mol. The highest BCUT2D eigenvalue weighted by molar-refractivity contribution is 7.19. The van der Waals surface area contributed by atoms with Gasteiger partial charge in [0.05, 0.1) is 27.5 Å². The van der Waals surface area contributed by atoms with Crippen molar-refractivity contribution in [1.29, 1.82) is 0 Å². The van der Waals surface area contributed by atoms with E-state index in [0.29, 0.717) is 12.2 Å². The van der Waals surface area contributed by atoms with Gasteiger partial charge >= 0.3 is 0 Å². The number of rotatable bonds is 3. The van der Waals surface area contributed by atoms with E-state index in [1.165, 1.54) is 11.3 Å². The molecule has 2 heterocycles. The Bertz CT molecular complexity index is 489. The van der Waals surface area contributed by atoms with E-state index >= 15 is 0 Å². The zero-order valence-corrected chi connectivity index (χ0v) is 9.65. The molecule has 0 aliphatic carbocycles. The smallest absolute Gasteiger partial charge is 0.137 e. The normalized spacial score (nSPS) is 10.5. The Labute approximate surface area is 96.1 Å². The molecule has 1 N–H and O–H groups in total. The quantitative estimate of drug-likeness (QED) is 0.897. The van der Waals surface area contributed by atoms with Crippen LogP contribution in [0, 0.1) is 0 Å². The van der Waals surface area contributed by atoms with E-state index in [1.54, 1.807) is 13.1 Å². The number of carbonyl (C=O) groups is 1. The molecule has 0 saturated heterocycles. The maximum atomic E-state index is 10.9. The van der Waals surface area contributed by atoms with Crippen molar-refractivity contribution in [1.82, 2.24) is 9.97 Å². The number of hydrogen-bond donors (Lipinski definition) is 1. The summed E-state index contributed by atoms with van der Waals surface area (Å²) in [5.74, 6) is 0.794. The minimum atomic E-state index is 0.0973. The molecule has 0 aromatic carbocycles. The number of aromatic nitrogens is 2. The van der Waals surface area contributed by atoms with Gasteiger partial charge in [-0.2, -0.15) is 0 Å². The lowest BCUT2D eigenvalue weighted by Crippen LogP contribution is -1.97. The highest BCUT2D eigenvalue weighted by atomic mass is 35.5. The fourth-order valence-corrected chi connectivity index (χ4v) is 2.28. The Morgan fingerprint density at radius 3 is 3.00 bits per heavy atom. The molecular weight excluding hydrogens is 232 g/mol. The van der Waals surface area contributed by atoms with Gasteiger partial charge in [0.25, 0.3) is 0 Å². The van der Waals surface area contributed by atoms with Crippen molar-refractivity contribution in [2.75, 3.05) is 0 Å². The van der Waals surface area contributed by atoms with E-state index in [1.807, 2.05) is 12.1 Å². The van der Waals surface area contributed by atoms with Crippen molar-refractivity contribution < 1.29 is 4.79 Å². The number of hydrogen-bond acceptors (Lipinski definition) is 3. The van der Waals surface area contributed by atoms with Gasteiger partial charge in [0, 0.05) is 0 Å². The molecule has 15 heavy (non-hydrogen) atoms. The minimum absolute atomic E-state index is 0.0973. The third-order valence-electron chi connectivity index (χ3n) is 1.88. The molecule has 2 aromatic heterocycles. The molecule has 0 aliphatic rings. The molecule has 0 fully saturated rings. The van der Waals surface area contributed by atoms with Crippen LogP contribution >= 0.6 is 22.9 Å². The van der Waals surface area contributed by atoms with Crippen molar-refractivity contribution in [3.63, 3.8) is 0 Å². The highest BCUT2D eigenvalue weighted by Crippen LogP contribution is 2.29. The molecule has 0 aliphatic heterocycles. The SMILES string of the molecule is CC(=O)Cc1ncc(-c2ccc(Cl)s2)[nH]1. The predicted molar refractivity (Wildman–Crippen MR) is 61.3 cm³/mol. The van der Waals surface area contributed by atoms with Crippen LogP contribution in [0.15, 0.2) is 18.3 Å². The van der Waals surface area contributed by atoms with Gasteiger partial charge in [-0.15, -0.1) is 11.3 Å². The maximum Gasteiger partial charge on any atom is 0.137 e. The second-order valence-electron chi connectivity index (χ2n) is 3.23. The van der Waals surface area contributed by atoms with Gasteiger partial charge in [0.2, 0.25) is 0 Å². The zero-order chi connectivity index (χ0) is 10.8. The fourth-order valence-electron chi connectivity index (χ4n) is 1.27. The molecule has 0 amide bonds. The number of nitrogens with one attached hydrogen (secondary N) is 1. The van der Waals surface area contributed by atoms with E-state index in [-0.39, 0.29) is 5.78 Å². The number of H-pyrrole nitrogens is 1. The Kier molecular flexibility index (Phi) is 2.88. The van der Waals surface area contributed by atoms with Crippen LogP contribution in [0.5, 0.6) is 0 Å². The number of thiophene rings is 1. The Morgan fingerprint density at radius 1 is 1.60 bits per heavy atom. The van der Waals surface area contributed by atoms with Crippen LogP contribution in [0.25, 0.3) is 10.6 Å². The van der Waals surface area contributed by atoms with Gasteiger partial charge in [0.1, 0.15) is 11.6 Å². The summed E-state index contributed by atoms with van der Waals surface area (Å²) in [5, 5.41) is 0. The highest BCUT2D eigenvalue weighted by Gasteiger charge is 2.06. The molecule has 0 atom stereocenters. The maximum absolute atomic E-state index is 10.9. The van der Waals surface area contributed by atoms with Crippen LogP contribution in [0.2, 0.25) is 4.34 Å². The summed E-state index contributed by atoms with van der Waals surface area (Å²) in [6.45, 7) is 1.55. The second kappa shape index (κ2) is 4.16. The summed E-state index contributed by atoms with van der Waals surface area (Å²) in [4.78, 5) is 19.1. The van der Waals surface area contributed by atoms with Crippen LogP contribution in [-0.2, 0) is 11.2 Å². The lowest BCUT2D eigenvalue weighted by Gasteiger charge is -1.91. The van der Waals surface area contributed by atoms with Crippen LogP contribution in [0.4, 0.5) is 0 Å². The summed E-state index contributed by atoms with van der Waals surface area (Å²) >= 11 is 7.31. The van der Waals surface area contributed by atoms with Gasteiger partial charge in [-0.25, -0.2) is 4.98 Å². The Balaban J connectivity index is 2.23. The first kappa shape index (κ1) is 10.4. The largest absolute Gasteiger partial charge is 0.341 e. The first-order valence-electron chi connectivity index (χ1n) is 4.44. The van der Waals surface area contributed by atoms with Crippen molar-refractivity contribution in [3.8, 4) is 10.6 Å². The van der Waals surface area contributed by atoms with Gasteiger partial charge in [-0.3, -0.25) is 4.79 Å². The topological polar surface area (TPSA) is 45.8 Å². The van der Waals surface area contributed by atoms with Crippen LogP contribution in [-0.4, -0.2) is 15.8 Å². The molecule has 0 radical (unpaired) electrons. The summed E-state index contributed by atoms with van der Waals surface area (Å²) in [6.07, 6.45) is 2.07. The number of imidazole rings is 1. The second-order valence-corrected chi connectivity index (χ2v) is 4.94. The average molecular weight is 241 g/mol. The van der Waals surface area contributed by atoms with Crippen molar-refractivity contribution >= 4 is 28.7 Å². The summed E-state index contributed by atoms with van der Waals surface area (Å²) < 4.78 is 0.743. The number of ketones is 1. The number of carbonyl (C=O) groups excluding carboxylic acids is 1. The number of nitrogens with zero attached hydrogens (tertiary/aromatic N) is 1. The number of halogens is 1. The van der Waals surface area contributed by atoms with E-state index in [0.717, 1.165) is 14.9 Å². The van der Waals surface area contributed by atoms with Crippen molar-refractivity contribution in [2.24, 2.45) is 0 Å². The first-order valence-corrected chi connectivity index (χ1v) is 5.63. The zero-order valence-electron chi connectivity index (χ0n) is 8.08. The van der Waals surface area contributed by atoms with Gasteiger partial charge in [-0.05, 0) is 19.1 Å². The van der Waals surface area contributed by atoms with Crippen molar-refractivity contribution in [2.45, 2.75) is 13.3 Å². The van der Waals surface area contributed by atoms with E-state index in [4.69, 9.17) is 11.6 Å². The van der Waals surface area contributed by atoms with Crippen LogP contribution in [0.1, 0.15) is 12.7 Å². The molecule has 78 valence electrons. The Morgan fingerprint density at radius 2 is 2.40 bits per heavy atom. The fraction of sp³-hybridized carbons (Fsp3) is 0.200. The molecule has 0 bridgehead atoms. The van der Waals surface area contributed by atoms with E-state index in [9.17, 15) is 4.79 Å². The lowest BCUT2D eigenvalue weighted by atomic mass is 10.3. The molecule has 0 spiro atoms. The molecule has 3 nitrogen and oxygen atoms in total. The molecule has 2 rings (SSSR count). The average Bonchev–Trinajstić information content (AvgIpc) is 2.72. The van der Waals surface area contributed by atoms with Gasteiger partial charge in [-0.1, -0.05) is 11.6 Å². The molecule has 0 saturated carbocycles. The molecule has 5 heteroatoms. The van der Waals surface area contributed by atoms with E-state index < -0.39 is 0 Å². The molecular formula is C10H9ClN2OS. The number of aromatic amines is 1. The summed E-state index contributed by atoms with van der Waals surface area (Å²) in [7, 11) is 0. The standard InChI is InChI=1S/C10H9ClN2OS/c1-6(14)4-10-12-5-7(13-10)8-2-3-9(11)15-8/h2-3,5H,4H2,1H3,(H,12,13). The lowest BCUT2D eigenvalue weighted by molar-refractivity contribution is -0.116. The molecule has 0 unspecified atom stereocenters. The third-order valence-corrected chi connectivity index (χ3v) is 3.15. The Hall–Kier alpha value is -1.13. The van der Waals surface area contributed by atoms with Crippen LogP contribution < -0.4 is 0 Å². The molecule has 2 aromatic rings.